The maximum atomic E-state index is 13.5. The van der Waals surface area contributed by atoms with Gasteiger partial charge in [0.25, 0.3) is 11.7 Å². The molecule has 0 aromatic heterocycles. The molecule has 1 aliphatic heterocycles. The van der Waals surface area contributed by atoms with Gasteiger partial charge < -0.3 is 24.6 Å². The minimum atomic E-state index is -0.880. The number of ketones is 1. The molecular weight excluding hydrogens is 506 g/mol. The molecular formula is C33H37NO6. The number of hydrogen-bond donors (Lipinski definition) is 2. The average Bonchev–Trinajstić information content (AvgIpc) is 3.13. The molecule has 1 heterocycles. The van der Waals surface area contributed by atoms with Gasteiger partial charge in [-0.05, 0) is 79.3 Å². The van der Waals surface area contributed by atoms with Crippen LogP contribution in [-0.4, -0.2) is 39.5 Å². The number of methoxy groups -OCH3 is 1. The van der Waals surface area contributed by atoms with Crippen LogP contribution in [0.15, 0.2) is 72.3 Å². The number of phenolic OH excluding ortho intramolecular Hbond substituents is 1. The first-order chi connectivity index (χ1) is 18.7. The summed E-state index contributed by atoms with van der Waals surface area (Å²) in [6.45, 7) is 12.2. The van der Waals surface area contributed by atoms with Gasteiger partial charge in [-0.25, -0.2) is 0 Å². The zero-order valence-corrected chi connectivity index (χ0v) is 24.1. The Balaban J connectivity index is 1.83. The van der Waals surface area contributed by atoms with Crippen LogP contribution in [0.5, 0.6) is 17.2 Å². The lowest BCUT2D eigenvalue weighted by Crippen LogP contribution is -2.29. The van der Waals surface area contributed by atoms with Gasteiger partial charge >= 0.3 is 0 Å². The molecule has 1 amide bonds. The Morgan fingerprint density at radius 3 is 2.08 bits per heavy atom. The summed E-state index contributed by atoms with van der Waals surface area (Å²) in [7, 11) is 1.49. The third kappa shape index (κ3) is 5.98. The molecule has 3 aromatic rings. The van der Waals surface area contributed by atoms with E-state index in [9.17, 15) is 19.8 Å². The van der Waals surface area contributed by atoms with Gasteiger partial charge in [-0.3, -0.25) is 9.59 Å². The van der Waals surface area contributed by atoms with Crippen LogP contribution in [0.1, 0.15) is 69.8 Å². The van der Waals surface area contributed by atoms with Crippen LogP contribution >= 0.6 is 0 Å². The lowest BCUT2D eigenvalue weighted by Gasteiger charge is -2.26. The second-order valence-electron chi connectivity index (χ2n) is 12.0. The zero-order valence-electron chi connectivity index (χ0n) is 24.1. The van der Waals surface area contributed by atoms with Crippen LogP contribution in [0.4, 0.5) is 0 Å². The first-order valence-corrected chi connectivity index (χ1v) is 13.2. The molecule has 40 heavy (non-hydrogen) atoms. The maximum Gasteiger partial charge on any atom is 0.295 e. The van der Waals surface area contributed by atoms with E-state index < -0.39 is 17.7 Å². The van der Waals surface area contributed by atoms with E-state index in [-0.39, 0.29) is 34.6 Å². The van der Waals surface area contributed by atoms with E-state index in [1.807, 2.05) is 71.9 Å². The van der Waals surface area contributed by atoms with Crippen molar-refractivity contribution in [2.45, 2.75) is 65.1 Å². The number of Topliss-reactive ketones (excluding diaryl/α,β-unsaturated/α-hetero) is 1. The first kappa shape index (κ1) is 28.7. The van der Waals surface area contributed by atoms with Crippen molar-refractivity contribution in [3.8, 4) is 17.2 Å². The van der Waals surface area contributed by atoms with E-state index in [2.05, 4.69) is 0 Å². The fraction of sp³-hybridized carbons (Fsp3) is 0.333. The quantitative estimate of drug-likeness (QED) is 0.209. The molecule has 210 valence electrons. The molecule has 4 rings (SSSR count). The summed E-state index contributed by atoms with van der Waals surface area (Å²) in [5.74, 6) is -0.688. The predicted octanol–water partition coefficient (Wildman–Crippen LogP) is 6.50. The highest BCUT2D eigenvalue weighted by atomic mass is 16.5. The molecule has 3 aromatic carbocycles. The third-order valence-electron chi connectivity index (χ3n) is 6.77. The van der Waals surface area contributed by atoms with Gasteiger partial charge in [0.1, 0.15) is 28.6 Å². The third-order valence-corrected chi connectivity index (χ3v) is 6.77. The number of nitrogens with zero attached hydrogens (tertiary/aromatic N) is 1. The Kier molecular flexibility index (Phi) is 7.70. The summed E-state index contributed by atoms with van der Waals surface area (Å²) in [5, 5.41) is 21.6. The molecule has 1 unspecified atom stereocenters. The Hall–Kier alpha value is -4.26. The van der Waals surface area contributed by atoms with Crippen LogP contribution in [-0.2, 0) is 21.5 Å². The molecule has 1 aliphatic rings. The smallest absolute Gasteiger partial charge is 0.295 e. The Bertz CT molecular complexity index is 1440. The van der Waals surface area contributed by atoms with Crippen molar-refractivity contribution in [1.29, 1.82) is 0 Å². The van der Waals surface area contributed by atoms with Gasteiger partial charge in [-0.2, -0.15) is 0 Å². The molecule has 0 spiro atoms. The number of likely N-dealkylation sites (tertiary alicyclic amines) is 1. The standard InChI is InChI=1S/C33H37NO6/c1-32(2,3)22-12-17-26(39-7)25(18-22)29(36)27-28(21-10-13-23(35)14-11-21)34(31(38)30(27)37)19-20-8-15-24(16-9-20)40-33(4,5)6/h8-18,28,35-36H,19H2,1-7H3/b29-27+. The van der Waals surface area contributed by atoms with Gasteiger partial charge in [-0.1, -0.05) is 51.1 Å². The number of phenols is 1. The fourth-order valence-corrected chi connectivity index (χ4v) is 4.76. The lowest BCUT2D eigenvalue weighted by atomic mass is 9.85. The van der Waals surface area contributed by atoms with Gasteiger partial charge in [-0.15, -0.1) is 0 Å². The second-order valence-corrected chi connectivity index (χ2v) is 12.0. The van der Waals surface area contributed by atoms with Gasteiger partial charge in [0.05, 0.1) is 24.3 Å². The molecule has 1 atom stereocenters. The number of aliphatic hydroxyl groups is 1. The zero-order chi connectivity index (χ0) is 29.4. The van der Waals surface area contributed by atoms with Crippen molar-refractivity contribution in [3.05, 3.63) is 94.6 Å². The van der Waals surface area contributed by atoms with Crippen molar-refractivity contribution in [2.24, 2.45) is 0 Å². The first-order valence-electron chi connectivity index (χ1n) is 13.2. The van der Waals surface area contributed by atoms with Crippen molar-refractivity contribution < 1.29 is 29.3 Å². The van der Waals surface area contributed by atoms with Gasteiger partial charge in [0, 0.05) is 6.54 Å². The number of amides is 1. The maximum absolute atomic E-state index is 13.5. The normalized spacial score (nSPS) is 17.3. The summed E-state index contributed by atoms with van der Waals surface area (Å²) in [4.78, 5) is 28.5. The minimum Gasteiger partial charge on any atom is -0.508 e. The summed E-state index contributed by atoms with van der Waals surface area (Å²) in [6.07, 6.45) is 0. The van der Waals surface area contributed by atoms with Crippen LogP contribution in [0.2, 0.25) is 0 Å². The van der Waals surface area contributed by atoms with Crippen LogP contribution in [0, 0.1) is 0 Å². The molecule has 2 N–H and O–H groups in total. The highest BCUT2D eigenvalue weighted by molar-refractivity contribution is 6.46. The monoisotopic (exact) mass is 543 g/mol. The minimum absolute atomic E-state index is 0.0345. The molecule has 0 bridgehead atoms. The van der Waals surface area contributed by atoms with Crippen LogP contribution < -0.4 is 9.47 Å². The van der Waals surface area contributed by atoms with Crippen LogP contribution in [0.25, 0.3) is 5.76 Å². The number of rotatable bonds is 6. The van der Waals surface area contributed by atoms with Gasteiger partial charge in [0.2, 0.25) is 0 Å². The number of aromatic hydroxyl groups is 1. The molecule has 0 radical (unpaired) electrons. The Morgan fingerprint density at radius 1 is 0.900 bits per heavy atom. The molecule has 1 saturated heterocycles. The van der Waals surface area contributed by atoms with E-state index in [0.717, 1.165) is 11.1 Å². The summed E-state index contributed by atoms with van der Waals surface area (Å²) < 4.78 is 11.4. The van der Waals surface area contributed by atoms with E-state index in [0.29, 0.717) is 22.6 Å². The summed E-state index contributed by atoms with van der Waals surface area (Å²) in [5.41, 5.74) is 2.02. The van der Waals surface area contributed by atoms with Crippen LogP contribution in [0.3, 0.4) is 0 Å². The molecule has 1 fully saturated rings. The van der Waals surface area contributed by atoms with Gasteiger partial charge in [0.15, 0.2) is 0 Å². The highest BCUT2D eigenvalue weighted by Crippen LogP contribution is 2.43. The summed E-state index contributed by atoms with van der Waals surface area (Å²) >= 11 is 0. The number of ether oxygens (including phenoxy) is 2. The number of hydrogen-bond acceptors (Lipinski definition) is 6. The number of carbonyl (C=O) groups is 2. The van der Waals surface area contributed by atoms with E-state index >= 15 is 0 Å². The predicted molar refractivity (Wildman–Crippen MR) is 154 cm³/mol. The van der Waals surface area contributed by atoms with E-state index in [4.69, 9.17) is 9.47 Å². The lowest BCUT2D eigenvalue weighted by molar-refractivity contribution is -0.140. The van der Waals surface area contributed by atoms with Crippen molar-refractivity contribution >= 4 is 17.4 Å². The number of aliphatic hydroxyl groups excluding tert-OH is 1. The second kappa shape index (κ2) is 10.7. The van der Waals surface area contributed by atoms with Crippen molar-refractivity contribution in [1.82, 2.24) is 4.90 Å². The molecule has 7 heteroatoms. The largest absolute Gasteiger partial charge is 0.508 e. The topological polar surface area (TPSA) is 96.3 Å². The molecule has 0 saturated carbocycles. The number of carbonyl (C=O) groups excluding carboxylic acids is 2. The van der Waals surface area contributed by atoms with E-state index in [1.165, 1.54) is 24.1 Å². The Morgan fingerprint density at radius 2 is 1.52 bits per heavy atom. The number of benzene rings is 3. The molecule has 7 nitrogen and oxygen atoms in total. The SMILES string of the molecule is COc1ccc(C(C)(C)C)cc1/C(O)=C1\C(=O)C(=O)N(Cc2ccc(OC(C)(C)C)cc2)C1c1ccc(O)cc1. The summed E-state index contributed by atoms with van der Waals surface area (Å²) in [6, 6.07) is 18.2. The van der Waals surface area contributed by atoms with Crippen molar-refractivity contribution in [3.63, 3.8) is 0 Å². The fourth-order valence-electron chi connectivity index (χ4n) is 4.76. The average molecular weight is 544 g/mol. The highest BCUT2D eigenvalue weighted by Gasteiger charge is 2.46. The molecule has 0 aliphatic carbocycles. The Labute approximate surface area is 235 Å². The van der Waals surface area contributed by atoms with E-state index in [1.54, 1.807) is 24.3 Å². The van der Waals surface area contributed by atoms with Crippen molar-refractivity contribution in [2.75, 3.05) is 7.11 Å².